The van der Waals surface area contributed by atoms with Crippen molar-refractivity contribution < 1.29 is 14.0 Å². The van der Waals surface area contributed by atoms with Crippen molar-refractivity contribution in [2.75, 3.05) is 17.3 Å². The lowest BCUT2D eigenvalue weighted by Gasteiger charge is -2.22. The molecule has 0 radical (unpaired) electrons. The number of carbonyl (C=O) groups is 2. The van der Waals surface area contributed by atoms with Gasteiger partial charge in [0.2, 0.25) is 5.91 Å². The average molecular weight is 624 g/mol. The molecule has 3 N–H and O–H groups in total. The maximum atomic E-state index is 14.9. The summed E-state index contributed by atoms with van der Waals surface area (Å²) in [5.41, 5.74) is 2.81. The van der Waals surface area contributed by atoms with E-state index in [0.29, 0.717) is 40.8 Å². The lowest BCUT2D eigenvalue weighted by Crippen LogP contribution is -2.30. The molecule has 1 aliphatic carbocycles. The number of fused-ring (bicyclic) bond motifs is 1. The van der Waals surface area contributed by atoms with Gasteiger partial charge in [-0.3, -0.25) is 23.9 Å². The molecule has 5 aromatic rings. The smallest absolute Gasteiger partial charge is 0.330 e. The number of hydrogen-bond donors (Lipinski definition) is 3. The van der Waals surface area contributed by atoms with Crippen LogP contribution in [0.15, 0.2) is 64.2 Å². The highest BCUT2D eigenvalue weighted by Crippen LogP contribution is 2.33. The minimum absolute atomic E-state index is 0.188. The quantitative estimate of drug-likeness (QED) is 0.219. The number of nitrogens with one attached hydrogen (secondary N) is 3. The van der Waals surface area contributed by atoms with Gasteiger partial charge in [0.05, 0.1) is 5.56 Å². The highest BCUT2D eigenvalue weighted by molar-refractivity contribution is 6.11. The molecule has 1 aliphatic rings. The van der Waals surface area contributed by atoms with Crippen molar-refractivity contribution in [1.29, 1.82) is 0 Å². The maximum Gasteiger partial charge on any atom is 0.330 e. The summed E-state index contributed by atoms with van der Waals surface area (Å²) in [5, 5.41) is 2.66. The van der Waals surface area contributed by atoms with Crippen LogP contribution in [0, 0.1) is 25.6 Å². The maximum absolute atomic E-state index is 14.9. The number of hydrogen-bond acceptors (Lipinski definition) is 6. The van der Waals surface area contributed by atoms with E-state index in [9.17, 15) is 23.6 Å². The topological polar surface area (TPSA) is 146 Å². The van der Waals surface area contributed by atoms with Crippen LogP contribution in [-0.4, -0.2) is 43.4 Å². The number of pyridine rings is 1. The van der Waals surface area contributed by atoms with Gasteiger partial charge < -0.3 is 15.2 Å². The molecule has 3 heterocycles. The fourth-order valence-corrected chi connectivity index (χ4v) is 5.79. The van der Waals surface area contributed by atoms with Crippen LogP contribution in [0.25, 0.3) is 11.2 Å². The Bertz CT molecular complexity index is 2090. The second-order valence-electron chi connectivity index (χ2n) is 11.9. The molecule has 11 nitrogen and oxygen atoms in total. The Balaban J connectivity index is 1.38. The summed E-state index contributed by atoms with van der Waals surface area (Å²) in [4.78, 5) is 67.2. The van der Waals surface area contributed by atoms with E-state index in [0.717, 1.165) is 18.4 Å². The van der Waals surface area contributed by atoms with Crippen LogP contribution >= 0.6 is 0 Å². The van der Waals surface area contributed by atoms with Gasteiger partial charge in [-0.15, -0.1) is 0 Å². The first-order valence-corrected chi connectivity index (χ1v) is 15.1. The molecule has 12 heteroatoms. The molecule has 1 fully saturated rings. The van der Waals surface area contributed by atoms with E-state index in [2.05, 4.69) is 20.3 Å². The second kappa shape index (κ2) is 12.2. The minimum Gasteiger partial charge on any atom is -0.336 e. The van der Waals surface area contributed by atoms with Crippen LogP contribution in [0.1, 0.15) is 64.2 Å². The first kappa shape index (κ1) is 30.6. The van der Waals surface area contributed by atoms with E-state index in [1.807, 2.05) is 12.1 Å². The number of amides is 2. The molecule has 1 atom stereocenters. The highest BCUT2D eigenvalue weighted by Gasteiger charge is 2.27. The first-order valence-electron chi connectivity index (χ1n) is 15.1. The van der Waals surface area contributed by atoms with E-state index >= 15 is 0 Å². The molecular formula is C34H34FN7O4. The van der Waals surface area contributed by atoms with Crippen LogP contribution in [0.5, 0.6) is 0 Å². The molecule has 2 amide bonds. The van der Waals surface area contributed by atoms with E-state index in [1.165, 1.54) is 22.5 Å². The third-order valence-corrected chi connectivity index (χ3v) is 8.34. The number of aryl methyl sites for hydroxylation is 2. The molecule has 6 rings (SSSR count). The molecule has 0 spiro atoms. The number of aromatic amines is 2. The zero-order chi connectivity index (χ0) is 32.7. The summed E-state index contributed by atoms with van der Waals surface area (Å²) < 4.78 is 16.4. The van der Waals surface area contributed by atoms with Crippen molar-refractivity contribution in [1.82, 2.24) is 24.5 Å². The molecule has 1 saturated carbocycles. The molecule has 3 aromatic heterocycles. The zero-order valence-corrected chi connectivity index (χ0v) is 26.0. The molecule has 1 unspecified atom stereocenters. The molecular weight excluding hydrogens is 589 g/mol. The summed E-state index contributed by atoms with van der Waals surface area (Å²) in [6.45, 7) is 5.40. The average Bonchev–Trinajstić information content (AvgIpc) is 3.72. The van der Waals surface area contributed by atoms with Gasteiger partial charge in [-0.05, 0) is 80.0 Å². The number of imidazole rings is 1. The summed E-state index contributed by atoms with van der Waals surface area (Å²) in [6, 6.07) is 15.5. The predicted molar refractivity (Wildman–Crippen MR) is 173 cm³/mol. The lowest BCUT2D eigenvalue weighted by atomic mass is 9.91. The number of aromatic nitrogens is 5. The summed E-state index contributed by atoms with van der Waals surface area (Å²) in [5.74, 6) is -0.599. The van der Waals surface area contributed by atoms with Gasteiger partial charge in [-0.2, -0.15) is 0 Å². The van der Waals surface area contributed by atoms with Crippen LogP contribution in [0.3, 0.4) is 0 Å². The monoisotopic (exact) mass is 623 g/mol. The summed E-state index contributed by atoms with van der Waals surface area (Å²) in [6.07, 6.45) is 2.25. The molecule has 0 bridgehead atoms. The van der Waals surface area contributed by atoms with Gasteiger partial charge >= 0.3 is 5.69 Å². The van der Waals surface area contributed by atoms with Crippen molar-refractivity contribution in [2.24, 2.45) is 5.92 Å². The van der Waals surface area contributed by atoms with Gasteiger partial charge in [0.1, 0.15) is 23.0 Å². The minimum atomic E-state index is -0.564. The van der Waals surface area contributed by atoms with Gasteiger partial charge in [0.15, 0.2) is 5.65 Å². The first-order chi connectivity index (χ1) is 22.0. The largest absolute Gasteiger partial charge is 0.336 e. The number of halogens is 1. The Kier molecular flexibility index (Phi) is 8.11. The van der Waals surface area contributed by atoms with Gasteiger partial charge in [0, 0.05) is 37.8 Å². The van der Waals surface area contributed by atoms with E-state index < -0.39 is 17.2 Å². The fraction of sp³-hybridized carbons (Fsp3) is 0.294. The molecule has 0 aliphatic heterocycles. The van der Waals surface area contributed by atoms with Crippen molar-refractivity contribution in [2.45, 2.75) is 52.5 Å². The number of H-pyrrole nitrogens is 2. The van der Waals surface area contributed by atoms with Crippen molar-refractivity contribution in [3.63, 3.8) is 0 Å². The fourth-order valence-electron chi connectivity index (χ4n) is 5.79. The number of anilines is 2. The van der Waals surface area contributed by atoms with Crippen LogP contribution in [0.4, 0.5) is 15.9 Å². The number of rotatable bonds is 9. The van der Waals surface area contributed by atoms with E-state index in [-0.39, 0.29) is 46.6 Å². The molecule has 46 heavy (non-hydrogen) atoms. The zero-order valence-electron chi connectivity index (χ0n) is 26.0. The molecule has 236 valence electrons. The van der Waals surface area contributed by atoms with Crippen molar-refractivity contribution in [3.8, 4) is 0 Å². The van der Waals surface area contributed by atoms with E-state index in [4.69, 9.17) is 4.98 Å². The van der Waals surface area contributed by atoms with Gasteiger partial charge in [0.25, 0.3) is 11.5 Å². The predicted octanol–water partition coefficient (Wildman–Crippen LogP) is 4.58. The van der Waals surface area contributed by atoms with Crippen LogP contribution in [0.2, 0.25) is 0 Å². The summed E-state index contributed by atoms with van der Waals surface area (Å²) >= 11 is 0. The molecule has 2 aromatic carbocycles. The summed E-state index contributed by atoms with van der Waals surface area (Å²) in [7, 11) is 1.63. The standard InChI is InChI=1S/C34H34FN7O4/c1-18-15-19(2)36-30(37-20(3)43)27(18)33(45)41(4)24-13-11-22(12-14-24)25(16-23-7-5-6-8-26(23)35)29-38-28-31(39-29)42(17-21-9-10-21)34(46)40-32(28)44/h5-8,11-15,21,25H,9-10,16-17H2,1-4H3,(H,38,39)(H,36,37,43)(H,40,44,46). The normalized spacial score (nSPS) is 13.5. The lowest BCUT2D eigenvalue weighted by molar-refractivity contribution is -0.114. The Morgan fingerprint density at radius 2 is 1.78 bits per heavy atom. The SMILES string of the molecule is CC(=O)Nc1nc(C)cc(C)c1C(=O)N(C)c1ccc(C(Cc2ccccc2F)c2nc3c([nH]2)c(=O)[nH]c(=O)n3CC2CC2)cc1. The van der Waals surface area contributed by atoms with E-state index in [1.54, 1.807) is 57.3 Å². The Hall–Kier alpha value is -5.39. The Labute approximate surface area is 263 Å². The van der Waals surface area contributed by atoms with Crippen molar-refractivity contribution in [3.05, 3.63) is 115 Å². The Morgan fingerprint density at radius 3 is 2.46 bits per heavy atom. The Morgan fingerprint density at radius 1 is 1.07 bits per heavy atom. The number of benzene rings is 2. The number of nitrogens with zero attached hydrogens (tertiary/aromatic N) is 4. The highest BCUT2D eigenvalue weighted by atomic mass is 19.1. The van der Waals surface area contributed by atoms with Crippen LogP contribution < -0.4 is 21.5 Å². The van der Waals surface area contributed by atoms with Gasteiger partial charge in [-0.1, -0.05) is 30.3 Å². The third-order valence-electron chi connectivity index (χ3n) is 8.34. The van der Waals surface area contributed by atoms with Crippen molar-refractivity contribution >= 4 is 34.5 Å². The second-order valence-corrected chi connectivity index (χ2v) is 11.9. The third kappa shape index (κ3) is 6.10. The number of carbonyl (C=O) groups excluding carboxylic acids is 2. The molecule has 0 saturated heterocycles. The van der Waals surface area contributed by atoms with Gasteiger partial charge in [-0.25, -0.2) is 19.2 Å². The van der Waals surface area contributed by atoms with Crippen LogP contribution in [-0.2, 0) is 17.8 Å².